The first-order chi connectivity index (χ1) is 9.01. The average Bonchev–Trinajstić information content (AvgIpc) is 2.39. The lowest BCUT2D eigenvalue weighted by molar-refractivity contribution is -0.146. The Bertz CT molecular complexity index is 580. The number of imide groups is 1. The number of likely N-dealkylation sites (tertiary alicyclic amines) is 1. The Hall–Kier alpha value is -1.87. The van der Waals surface area contributed by atoms with Crippen LogP contribution in [0.15, 0.2) is 22.7 Å². The van der Waals surface area contributed by atoms with Gasteiger partial charge in [-0.2, -0.15) is 5.26 Å². The van der Waals surface area contributed by atoms with Crippen molar-refractivity contribution in [1.82, 2.24) is 4.90 Å². The van der Waals surface area contributed by atoms with Crippen molar-refractivity contribution in [3.8, 4) is 6.07 Å². The Balaban J connectivity index is 2.18. The molecule has 19 heavy (non-hydrogen) atoms. The summed E-state index contributed by atoms with van der Waals surface area (Å²) in [6.45, 7) is 0. The van der Waals surface area contributed by atoms with Crippen LogP contribution in [0.5, 0.6) is 0 Å². The molecule has 5 nitrogen and oxygen atoms in total. The molecule has 1 aliphatic rings. The second-order valence-electron chi connectivity index (χ2n) is 4.37. The monoisotopic (exact) mass is 321 g/mol. The number of carbonyl (C=O) groups is 2. The first-order valence-corrected chi connectivity index (χ1v) is 6.58. The fourth-order valence-electron chi connectivity index (χ4n) is 1.99. The zero-order chi connectivity index (χ0) is 14.0. The van der Waals surface area contributed by atoms with E-state index in [1.165, 1.54) is 7.05 Å². The fraction of sp³-hybridized carbons (Fsp3) is 0.308. The van der Waals surface area contributed by atoms with Crippen LogP contribution in [0.4, 0.5) is 5.69 Å². The molecule has 1 atom stereocenters. The number of nitriles is 1. The number of nitrogens with one attached hydrogen (secondary N) is 1. The number of carbonyl (C=O) groups excluding carboxylic acids is 2. The molecule has 1 aliphatic heterocycles. The summed E-state index contributed by atoms with van der Waals surface area (Å²) in [7, 11) is 1.49. The van der Waals surface area contributed by atoms with E-state index in [0.29, 0.717) is 24.1 Å². The molecule has 1 heterocycles. The summed E-state index contributed by atoms with van der Waals surface area (Å²) >= 11 is 3.31. The average molecular weight is 322 g/mol. The third kappa shape index (κ3) is 2.93. The molecule has 0 aliphatic carbocycles. The van der Waals surface area contributed by atoms with Gasteiger partial charge >= 0.3 is 0 Å². The highest BCUT2D eigenvalue weighted by molar-refractivity contribution is 9.10. The molecule has 98 valence electrons. The van der Waals surface area contributed by atoms with Crippen LogP contribution in [0.25, 0.3) is 0 Å². The maximum Gasteiger partial charge on any atom is 0.251 e. The Morgan fingerprint density at radius 1 is 1.42 bits per heavy atom. The van der Waals surface area contributed by atoms with Gasteiger partial charge in [-0.25, -0.2) is 0 Å². The van der Waals surface area contributed by atoms with E-state index in [1.54, 1.807) is 18.2 Å². The van der Waals surface area contributed by atoms with Gasteiger partial charge in [-0.15, -0.1) is 0 Å². The van der Waals surface area contributed by atoms with Crippen molar-refractivity contribution < 1.29 is 9.59 Å². The molecule has 2 rings (SSSR count). The van der Waals surface area contributed by atoms with Gasteiger partial charge in [-0.1, -0.05) is 15.9 Å². The summed E-state index contributed by atoms with van der Waals surface area (Å²) in [6, 6.07) is 6.79. The number of piperidine rings is 1. The van der Waals surface area contributed by atoms with Crippen molar-refractivity contribution in [3.63, 3.8) is 0 Å². The van der Waals surface area contributed by atoms with Gasteiger partial charge in [0.15, 0.2) is 0 Å². The van der Waals surface area contributed by atoms with Crippen molar-refractivity contribution in [2.45, 2.75) is 18.9 Å². The largest absolute Gasteiger partial charge is 0.374 e. The summed E-state index contributed by atoms with van der Waals surface area (Å²) < 4.78 is 0.765. The molecule has 0 aromatic heterocycles. The smallest absolute Gasteiger partial charge is 0.251 e. The SMILES string of the molecule is CN1C(=O)CCC(Nc2cc(Br)cc(C#N)c2)C1=O. The van der Waals surface area contributed by atoms with E-state index in [4.69, 9.17) is 5.26 Å². The summed E-state index contributed by atoms with van der Waals surface area (Å²) in [5.74, 6) is -0.398. The van der Waals surface area contributed by atoms with Crippen LogP contribution in [-0.2, 0) is 9.59 Å². The van der Waals surface area contributed by atoms with Crippen LogP contribution in [0.2, 0.25) is 0 Å². The van der Waals surface area contributed by atoms with Gasteiger partial charge < -0.3 is 5.32 Å². The van der Waals surface area contributed by atoms with Crippen molar-refractivity contribution in [1.29, 1.82) is 5.26 Å². The number of anilines is 1. The van der Waals surface area contributed by atoms with E-state index in [2.05, 4.69) is 27.3 Å². The maximum absolute atomic E-state index is 11.9. The predicted octanol–water partition coefficient (Wildman–Crippen LogP) is 1.88. The van der Waals surface area contributed by atoms with Gasteiger partial charge in [0.05, 0.1) is 11.6 Å². The Kier molecular flexibility index (Phi) is 3.86. The number of benzene rings is 1. The van der Waals surface area contributed by atoms with E-state index in [-0.39, 0.29) is 11.8 Å². The lowest BCUT2D eigenvalue weighted by Gasteiger charge is -2.28. The van der Waals surface area contributed by atoms with Crippen LogP contribution >= 0.6 is 15.9 Å². The number of amides is 2. The van der Waals surface area contributed by atoms with Crippen LogP contribution < -0.4 is 5.32 Å². The van der Waals surface area contributed by atoms with E-state index >= 15 is 0 Å². The molecule has 0 saturated carbocycles. The normalized spacial score (nSPS) is 19.2. The zero-order valence-corrected chi connectivity index (χ0v) is 11.9. The lowest BCUT2D eigenvalue weighted by atomic mass is 10.0. The van der Waals surface area contributed by atoms with E-state index in [0.717, 1.165) is 9.37 Å². The van der Waals surface area contributed by atoms with Crippen molar-refractivity contribution in [3.05, 3.63) is 28.2 Å². The van der Waals surface area contributed by atoms with E-state index in [1.807, 2.05) is 0 Å². The molecule has 1 unspecified atom stereocenters. The Morgan fingerprint density at radius 2 is 2.16 bits per heavy atom. The number of likely N-dealkylation sites (N-methyl/N-ethyl adjacent to an activating group) is 1. The topological polar surface area (TPSA) is 73.2 Å². The first kappa shape index (κ1) is 13.6. The van der Waals surface area contributed by atoms with Crippen molar-refractivity contribution in [2.24, 2.45) is 0 Å². The minimum Gasteiger partial charge on any atom is -0.374 e. The lowest BCUT2D eigenvalue weighted by Crippen LogP contribution is -2.48. The number of nitrogens with zero attached hydrogens (tertiary/aromatic N) is 2. The molecule has 0 radical (unpaired) electrons. The standard InChI is InChI=1S/C13H12BrN3O2/c1-17-12(18)3-2-11(13(17)19)16-10-5-8(7-15)4-9(14)6-10/h4-6,11,16H,2-3H2,1H3. The highest BCUT2D eigenvalue weighted by Gasteiger charge is 2.31. The van der Waals surface area contributed by atoms with E-state index < -0.39 is 6.04 Å². The molecule has 0 spiro atoms. The van der Waals surface area contributed by atoms with Gasteiger partial charge in [-0.05, 0) is 24.6 Å². The molecular weight excluding hydrogens is 310 g/mol. The third-order valence-corrected chi connectivity index (χ3v) is 3.48. The molecule has 1 N–H and O–H groups in total. The predicted molar refractivity (Wildman–Crippen MR) is 73.3 cm³/mol. The highest BCUT2D eigenvalue weighted by Crippen LogP contribution is 2.22. The first-order valence-electron chi connectivity index (χ1n) is 5.79. The highest BCUT2D eigenvalue weighted by atomic mass is 79.9. The quantitative estimate of drug-likeness (QED) is 0.844. The van der Waals surface area contributed by atoms with Gasteiger partial charge in [0.2, 0.25) is 5.91 Å². The molecule has 1 aromatic carbocycles. The van der Waals surface area contributed by atoms with Crippen molar-refractivity contribution in [2.75, 3.05) is 12.4 Å². The zero-order valence-electron chi connectivity index (χ0n) is 10.3. The van der Waals surface area contributed by atoms with Gasteiger partial charge in [-0.3, -0.25) is 14.5 Å². The third-order valence-electron chi connectivity index (χ3n) is 3.02. The number of rotatable bonds is 2. The molecule has 2 amide bonds. The molecule has 1 aromatic rings. The minimum absolute atomic E-state index is 0.157. The molecule has 6 heteroatoms. The summed E-state index contributed by atoms with van der Waals surface area (Å²) in [5.41, 5.74) is 1.19. The maximum atomic E-state index is 11.9. The number of hydrogen-bond donors (Lipinski definition) is 1. The number of halogens is 1. The molecule has 0 bridgehead atoms. The van der Waals surface area contributed by atoms with E-state index in [9.17, 15) is 9.59 Å². The summed E-state index contributed by atoms with van der Waals surface area (Å²) in [4.78, 5) is 24.5. The summed E-state index contributed by atoms with van der Waals surface area (Å²) in [5, 5.41) is 12.0. The molecule has 1 saturated heterocycles. The van der Waals surface area contributed by atoms with Crippen LogP contribution in [0.3, 0.4) is 0 Å². The number of hydrogen-bond acceptors (Lipinski definition) is 4. The Morgan fingerprint density at radius 3 is 2.84 bits per heavy atom. The molecule has 1 fully saturated rings. The fourth-order valence-corrected chi connectivity index (χ4v) is 2.48. The van der Waals surface area contributed by atoms with Crippen LogP contribution in [-0.4, -0.2) is 29.8 Å². The Labute approximate surface area is 119 Å². The van der Waals surface area contributed by atoms with Gasteiger partial charge in [0.1, 0.15) is 6.04 Å². The summed E-state index contributed by atoms with van der Waals surface area (Å²) in [6.07, 6.45) is 0.815. The minimum atomic E-state index is -0.427. The second kappa shape index (κ2) is 5.41. The molecular formula is C13H12BrN3O2. The van der Waals surface area contributed by atoms with Crippen molar-refractivity contribution >= 4 is 33.4 Å². The van der Waals surface area contributed by atoms with Gasteiger partial charge in [0, 0.05) is 23.6 Å². The van der Waals surface area contributed by atoms with Crippen LogP contribution in [0, 0.1) is 11.3 Å². The van der Waals surface area contributed by atoms with Crippen LogP contribution in [0.1, 0.15) is 18.4 Å². The second-order valence-corrected chi connectivity index (χ2v) is 5.28. The van der Waals surface area contributed by atoms with Gasteiger partial charge in [0.25, 0.3) is 5.91 Å².